The second-order valence-electron chi connectivity index (χ2n) is 6.67. The molecule has 0 saturated carbocycles. The van der Waals surface area contributed by atoms with Crippen LogP contribution in [0, 0.1) is 13.8 Å². The highest BCUT2D eigenvalue weighted by Gasteiger charge is 2.30. The normalized spacial score (nSPS) is 13.1. The average Bonchev–Trinajstić information content (AvgIpc) is 2.70. The van der Waals surface area contributed by atoms with Crippen LogP contribution in [0.15, 0.2) is 58.3 Å². The molecule has 0 saturated heterocycles. The van der Waals surface area contributed by atoms with Crippen LogP contribution in [0.4, 0.5) is 0 Å². The average molecular weight is 456 g/mol. The molecule has 0 heterocycles. The van der Waals surface area contributed by atoms with Crippen LogP contribution in [0.3, 0.4) is 0 Å². The fourth-order valence-corrected chi connectivity index (χ4v) is 4.69. The van der Waals surface area contributed by atoms with Gasteiger partial charge in [-0.05, 0) is 38.1 Å². The van der Waals surface area contributed by atoms with Crippen LogP contribution in [0.25, 0.3) is 0 Å². The third-order valence-electron chi connectivity index (χ3n) is 4.32. The van der Waals surface area contributed by atoms with Gasteiger partial charge in [-0.15, -0.1) is 0 Å². The molecule has 0 aliphatic carbocycles. The second-order valence-corrected chi connectivity index (χ2v) is 10.2. The predicted octanol–water partition coefficient (Wildman–Crippen LogP) is 0.949. The molecule has 1 amide bonds. The van der Waals surface area contributed by atoms with Crippen molar-refractivity contribution in [2.24, 2.45) is 0 Å². The third kappa shape index (κ3) is 6.09. The van der Waals surface area contributed by atoms with Crippen molar-refractivity contribution in [3.63, 3.8) is 0 Å². The van der Waals surface area contributed by atoms with Crippen molar-refractivity contribution in [2.45, 2.75) is 29.7 Å². The summed E-state index contributed by atoms with van der Waals surface area (Å²) in [6, 6.07) is 10.7. The molecule has 0 fully saturated rings. The monoisotopic (exact) mass is 455 g/mol. The van der Waals surface area contributed by atoms with E-state index < -0.39 is 38.5 Å². The topological polar surface area (TPSA) is 122 Å². The summed E-state index contributed by atoms with van der Waals surface area (Å²) in [5.74, 6) is -0.764. The number of hydrogen-bond acceptors (Lipinski definition) is 6. The van der Waals surface area contributed by atoms with E-state index in [9.17, 15) is 21.6 Å². The SMILES string of the molecule is CON(C)C(=O)C(CNS(=O)(=O)c1ccc(C)cc1)NS(=O)(=O)c1ccc(C)cc1. The van der Waals surface area contributed by atoms with Gasteiger partial charge in [0.25, 0.3) is 5.91 Å². The zero-order chi connectivity index (χ0) is 22.5. The van der Waals surface area contributed by atoms with Gasteiger partial charge in [0.2, 0.25) is 20.0 Å². The van der Waals surface area contributed by atoms with Crippen LogP contribution in [0.2, 0.25) is 0 Å². The van der Waals surface area contributed by atoms with Gasteiger partial charge in [0.15, 0.2) is 0 Å². The number of likely N-dealkylation sites (N-methyl/N-ethyl adjacent to an activating group) is 1. The molecule has 0 aliphatic heterocycles. The largest absolute Gasteiger partial charge is 0.275 e. The Morgan fingerprint density at radius 2 is 1.33 bits per heavy atom. The number of carbonyl (C=O) groups excluding carboxylic acids is 1. The zero-order valence-electron chi connectivity index (χ0n) is 17.1. The van der Waals surface area contributed by atoms with E-state index >= 15 is 0 Å². The van der Waals surface area contributed by atoms with Gasteiger partial charge in [0.1, 0.15) is 6.04 Å². The van der Waals surface area contributed by atoms with Crippen LogP contribution < -0.4 is 9.44 Å². The van der Waals surface area contributed by atoms with E-state index in [1.54, 1.807) is 24.3 Å². The number of hydroxylamine groups is 2. The maximum absolute atomic E-state index is 12.7. The number of benzene rings is 2. The molecule has 2 aromatic carbocycles. The summed E-state index contributed by atoms with van der Waals surface area (Å²) in [6.45, 7) is 3.12. The van der Waals surface area contributed by atoms with Gasteiger partial charge in [-0.25, -0.2) is 26.6 Å². The van der Waals surface area contributed by atoms with Gasteiger partial charge in [0, 0.05) is 13.6 Å². The molecule has 0 aliphatic rings. The Labute approximate surface area is 177 Å². The minimum atomic E-state index is -4.09. The highest BCUT2D eigenvalue weighted by atomic mass is 32.2. The number of carbonyl (C=O) groups is 1. The van der Waals surface area contributed by atoms with Gasteiger partial charge >= 0.3 is 0 Å². The molecule has 0 bridgehead atoms. The Kier molecular flexibility index (Phi) is 7.72. The Balaban J connectivity index is 2.26. The molecule has 9 nitrogen and oxygen atoms in total. The van der Waals surface area contributed by atoms with Crippen LogP contribution in [0.1, 0.15) is 11.1 Å². The first kappa shape index (κ1) is 24.0. The number of nitrogens with one attached hydrogen (secondary N) is 2. The lowest BCUT2D eigenvalue weighted by Gasteiger charge is -2.23. The fraction of sp³-hybridized carbons (Fsp3) is 0.316. The highest BCUT2D eigenvalue weighted by Crippen LogP contribution is 2.13. The minimum absolute atomic E-state index is 0.000729. The van der Waals surface area contributed by atoms with Crippen LogP contribution in [-0.2, 0) is 29.7 Å². The van der Waals surface area contributed by atoms with Gasteiger partial charge in [-0.1, -0.05) is 35.4 Å². The molecule has 2 aromatic rings. The molecule has 2 N–H and O–H groups in total. The van der Waals surface area contributed by atoms with Crippen molar-refractivity contribution in [3.05, 3.63) is 59.7 Å². The minimum Gasteiger partial charge on any atom is -0.275 e. The van der Waals surface area contributed by atoms with E-state index in [0.29, 0.717) is 0 Å². The van der Waals surface area contributed by atoms with E-state index in [1.807, 2.05) is 13.8 Å². The van der Waals surface area contributed by atoms with E-state index in [2.05, 4.69) is 9.44 Å². The van der Waals surface area contributed by atoms with E-state index in [1.165, 1.54) is 38.4 Å². The number of aryl methyl sites for hydroxylation is 2. The molecule has 2 rings (SSSR count). The number of amides is 1. The van der Waals surface area contributed by atoms with E-state index in [0.717, 1.165) is 16.2 Å². The molecule has 0 spiro atoms. The molecule has 1 atom stereocenters. The Hall–Kier alpha value is -2.31. The van der Waals surface area contributed by atoms with Crippen molar-refractivity contribution in [1.29, 1.82) is 0 Å². The summed E-state index contributed by atoms with van der Waals surface area (Å²) < 4.78 is 55.0. The first-order valence-corrected chi connectivity index (χ1v) is 11.9. The molecule has 11 heteroatoms. The first-order valence-electron chi connectivity index (χ1n) is 8.93. The zero-order valence-corrected chi connectivity index (χ0v) is 18.7. The molecule has 164 valence electrons. The molecule has 1 unspecified atom stereocenters. The maximum atomic E-state index is 12.7. The highest BCUT2D eigenvalue weighted by molar-refractivity contribution is 7.90. The summed E-state index contributed by atoms with van der Waals surface area (Å²) in [5, 5.41) is 0.822. The summed E-state index contributed by atoms with van der Waals surface area (Å²) in [7, 11) is -5.52. The summed E-state index contributed by atoms with van der Waals surface area (Å²) in [5.41, 5.74) is 1.75. The van der Waals surface area contributed by atoms with Crippen molar-refractivity contribution in [2.75, 3.05) is 20.7 Å². The number of nitrogens with zero attached hydrogens (tertiary/aromatic N) is 1. The molecule has 30 heavy (non-hydrogen) atoms. The molecule has 0 aromatic heterocycles. The molecular formula is C19H25N3O6S2. The molecular weight excluding hydrogens is 430 g/mol. The first-order chi connectivity index (χ1) is 14.0. The van der Waals surface area contributed by atoms with Gasteiger partial charge in [0.05, 0.1) is 16.9 Å². The number of hydrogen-bond donors (Lipinski definition) is 2. The van der Waals surface area contributed by atoms with E-state index in [4.69, 9.17) is 4.84 Å². The smallest absolute Gasteiger partial charge is 0.265 e. The van der Waals surface area contributed by atoms with Gasteiger partial charge < -0.3 is 0 Å². The lowest BCUT2D eigenvalue weighted by atomic mass is 10.2. The Bertz CT molecular complexity index is 1080. The van der Waals surface area contributed by atoms with Crippen molar-refractivity contribution < 1.29 is 26.5 Å². The van der Waals surface area contributed by atoms with Gasteiger partial charge in [-0.2, -0.15) is 4.72 Å². The Morgan fingerprint density at radius 3 is 1.77 bits per heavy atom. The third-order valence-corrected chi connectivity index (χ3v) is 7.25. The standard InChI is InChI=1S/C19H25N3O6S2/c1-14-5-9-16(10-6-14)29(24,25)20-13-18(19(23)22(3)28-4)21-30(26,27)17-11-7-15(2)8-12-17/h5-12,18,20-21H,13H2,1-4H3. The van der Waals surface area contributed by atoms with Crippen molar-refractivity contribution in [1.82, 2.24) is 14.5 Å². The number of rotatable bonds is 9. The summed E-state index contributed by atoms with van der Waals surface area (Å²) in [4.78, 5) is 17.4. The lowest BCUT2D eigenvalue weighted by molar-refractivity contribution is -0.170. The summed E-state index contributed by atoms with van der Waals surface area (Å²) >= 11 is 0. The predicted molar refractivity (Wildman–Crippen MR) is 111 cm³/mol. The lowest BCUT2D eigenvalue weighted by Crippen LogP contribution is -2.52. The summed E-state index contributed by atoms with van der Waals surface area (Å²) in [6.07, 6.45) is 0. The van der Waals surface area contributed by atoms with E-state index in [-0.39, 0.29) is 9.79 Å². The van der Waals surface area contributed by atoms with Gasteiger partial charge in [-0.3, -0.25) is 9.63 Å². The number of sulfonamides is 2. The maximum Gasteiger partial charge on any atom is 0.265 e. The Morgan fingerprint density at radius 1 is 0.900 bits per heavy atom. The quantitative estimate of drug-likeness (QED) is 0.543. The van der Waals surface area contributed by atoms with Crippen LogP contribution >= 0.6 is 0 Å². The van der Waals surface area contributed by atoms with Crippen molar-refractivity contribution in [3.8, 4) is 0 Å². The van der Waals surface area contributed by atoms with Crippen LogP contribution in [-0.4, -0.2) is 54.6 Å². The fourth-order valence-electron chi connectivity index (χ4n) is 2.46. The van der Waals surface area contributed by atoms with Crippen molar-refractivity contribution >= 4 is 26.0 Å². The second kappa shape index (κ2) is 9.67. The van der Waals surface area contributed by atoms with Crippen LogP contribution in [0.5, 0.6) is 0 Å². The molecule has 0 radical (unpaired) electrons.